The van der Waals surface area contributed by atoms with Crippen LogP contribution in [0.15, 0.2) is 58.5 Å². The number of anilines is 1. The molecule has 11 heteroatoms. The Morgan fingerprint density at radius 2 is 1.82 bits per heavy atom. The number of non-ortho nitro benzene ring substituents is 1. The number of unbranched alkanes of at least 4 members (excludes halogenated alkanes) is 2. The summed E-state index contributed by atoms with van der Waals surface area (Å²) in [5, 5.41) is 14.3. The molecule has 0 aliphatic heterocycles. The number of primary amides is 1. The van der Waals surface area contributed by atoms with Crippen LogP contribution in [-0.2, 0) is 16.1 Å². The second kappa shape index (κ2) is 11.2. The number of amides is 2. The van der Waals surface area contributed by atoms with E-state index >= 15 is 0 Å². The molecule has 0 unspecified atom stereocenters. The largest absolute Gasteiger partial charge is 0.370 e. The van der Waals surface area contributed by atoms with Gasteiger partial charge in [-0.15, -0.1) is 0 Å². The molecule has 0 radical (unpaired) electrons. The van der Waals surface area contributed by atoms with Crippen molar-refractivity contribution >= 4 is 45.9 Å². The van der Waals surface area contributed by atoms with Crippen LogP contribution in [0.5, 0.6) is 0 Å². The first kappa shape index (κ1) is 23.9. The summed E-state index contributed by atoms with van der Waals surface area (Å²) in [6.45, 7) is 0.404. The van der Waals surface area contributed by atoms with Crippen LogP contribution in [0.4, 0.5) is 11.4 Å². The zero-order valence-corrected chi connectivity index (χ0v) is 18.5. The van der Waals surface area contributed by atoms with Gasteiger partial charge in [-0.3, -0.25) is 29.1 Å². The van der Waals surface area contributed by atoms with E-state index in [1.54, 1.807) is 28.8 Å². The maximum atomic E-state index is 13.0. The number of benzene rings is 2. The van der Waals surface area contributed by atoms with Gasteiger partial charge in [0.05, 0.1) is 21.6 Å². The Morgan fingerprint density at radius 3 is 2.52 bits per heavy atom. The van der Waals surface area contributed by atoms with Gasteiger partial charge in [0.15, 0.2) is 5.16 Å². The summed E-state index contributed by atoms with van der Waals surface area (Å²) in [6, 6.07) is 12.5. The first-order valence-electron chi connectivity index (χ1n) is 10.3. The number of nitro benzene ring substituents is 1. The highest BCUT2D eigenvalue weighted by atomic mass is 32.2. The number of para-hydroxylation sites is 1. The lowest BCUT2D eigenvalue weighted by Crippen LogP contribution is -2.24. The molecule has 10 nitrogen and oxygen atoms in total. The molecule has 2 aromatic carbocycles. The molecular formula is C22H23N5O5S. The van der Waals surface area contributed by atoms with Crippen molar-refractivity contribution in [3.05, 3.63) is 69.0 Å². The van der Waals surface area contributed by atoms with E-state index < -0.39 is 4.92 Å². The monoisotopic (exact) mass is 469 g/mol. The minimum absolute atomic E-state index is 0.00342. The quantitative estimate of drug-likeness (QED) is 0.144. The number of nitro groups is 1. The summed E-state index contributed by atoms with van der Waals surface area (Å²) in [6.07, 6.45) is 2.34. The van der Waals surface area contributed by atoms with Gasteiger partial charge in [0.1, 0.15) is 0 Å². The molecule has 0 spiro atoms. The third-order valence-electron chi connectivity index (χ3n) is 4.83. The summed E-state index contributed by atoms with van der Waals surface area (Å²) < 4.78 is 1.55. The first-order valence-corrected chi connectivity index (χ1v) is 11.3. The van der Waals surface area contributed by atoms with E-state index in [1.165, 1.54) is 24.3 Å². The van der Waals surface area contributed by atoms with Crippen molar-refractivity contribution in [2.45, 2.75) is 37.4 Å². The topological polar surface area (TPSA) is 150 Å². The number of hydrogen-bond donors (Lipinski definition) is 2. The van der Waals surface area contributed by atoms with Gasteiger partial charge in [-0.1, -0.05) is 30.3 Å². The van der Waals surface area contributed by atoms with E-state index in [9.17, 15) is 24.5 Å². The molecular weight excluding hydrogens is 446 g/mol. The molecule has 3 N–H and O–H groups in total. The zero-order chi connectivity index (χ0) is 23.8. The average Bonchev–Trinajstić information content (AvgIpc) is 2.79. The van der Waals surface area contributed by atoms with Gasteiger partial charge in [0, 0.05) is 30.8 Å². The van der Waals surface area contributed by atoms with Crippen molar-refractivity contribution < 1.29 is 14.5 Å². The van der Waals surface area contributed by atoms with Gasteiger partial charge in [0.2, 0.25) is 11.8 Å². The Balaban J connectivity index is 1.70. The number of aromatic nitrogens is 2. The molecule has 172 valence electrons. The minimum atomic E-state index is -0.514. The fourth-order valence-electron chi connectivity index (χ4n) is 3.19. The normalized spacial score (nSPS) is 10.8. The molecule has 0 aliphatic carbocycles. The molecule has 2 amide bonds. The number of nitrogens with zero attached hydrogens (tertiary/aromatic N) is 3. The Kier molecular flexibility index (Phi) is 8.14. The number of nitrogens with two attached hydrogens (primary N) is 1. The minimum Gasteiger partial charge on any atom is -0.370 e. The van der Waals surface area contributed by atoms with E-state index in [0.717, 1.165) is 18.2 Å². The highest BCUT2D eigenvalue weighted by Crippen LogP contribution is 2.20. The lowest BCUT2D eigenvalue weighted by atomic mass is 10.2. The molecule has 3 rings (SSSR count). The number of carbonyl (C=O) groups excluding carboxylic acids is 2. The molecule has 0 saturated heterocycles. The summed E-state index contributed by atoms with van der Waals surface area (Å²) in [4.78, 5) is 51.1. The van der Waals surface area contributed by atoms with E-state index in [0.29, 0.717) is 47.6 Å². The summed E-state index contributed by atoms with van der Waals surface area (Å²) in [5.41, 5.74) is 5.89. The van der Waals surface area contributed by atoms with Crippen molar-refractivity contribution in [2.24, 2.45) is 5.73 Å². The smallest absolute Gasteiger partial charge is 0.269 e. The van der Waals surface area contributed by atoms with Gasteiger partial charge in [-0.05, 0) is 37.1 Å². The second-order valence-corrected chi connectivity index (χ2v) is 8.23. The van der Waals surface area contributed by atoms with Crippen LogP contribution in [0.25, 0.3) is 10.9 Å². The molecule has 0 aliphatic rings. The molecule has 3 aromatic rings. The Hall–Kier alpha value is -3.73. The molecule has 0 saturated carbocycles. The van der Waals surface area contributed by atoms with E-state index in [1.807, 2.05) is 0 Å². The Bertz CT molecular complexity index is 1230. The molecule has 0 atom stereocenters. The van der Waals surface area contributed by atoms with Crippen LogP contribution in [0.2, 0.25) is 0 Å². The fraction of sp³-hybridized carbons (Fsp3) is 0.273. The van der Waals surface area contributed by atoms with Gasteiger partial charge >= 0.3 is 0 Å². The Morgan fingerprint density at radius 1 is 1.09 bits per heavy atom. The van der Waals surface area contributed by atoms with Crippen molar-refractivity contribution in [1.29, 1.82) is 0 Å². The van der Waals surface area contributed by atoms with Crippen LogP contribution in [0.1, 0.15) is 25.7 Å². The molecule has 1 heterocycles. The van der Waals surface area contributed by atoms with Crippen LogP contribution in [-0.4, -0.2) is 32.0 Å². The molecule has 0 fully saturated rings. The molecule has 33 heavy (non-hydrogen) atoms. The van der Waals surface area contributed by atoms with Gasteiger partial charge in [0.25, 0.3) is 11.2 Å². The van der Waals surface area contributed by atoms with Crippen molar-refractivity contribution in [2.75, 3.05) is 11.1 Å². The van der Waals surface area contributed by atoms with Crippen molar-refractivity contribution in [3.63, 3.8) is 0 Å². The van der Waals surface area contributed by atoms with Crippen molar-refractivity contribution in [3.8, 4) is 0 Å². The number of fused-ring (bicyclic) bond motifs is 1. The third-order valence-corrected chi connectivity index (χ3v) is 5.80. The van der Waals surface area contributed by atoms with E-state index in [-0.39, 0.29) is 28.8 Å². The van der Waals surface area contributed by atoms with Gasteiger partial charge in [-0.2, -0.15) is 0 Å². The summed E-state index contributed by atoms with van der Waals surface area (Å²) in [5.74, 6) is -0.678. The average molecular weight is 470 g/mol. The van der Waals surface area contributed by atoms with E-state index in [4.69, 9.17) is 5.73 Å². The number of rotatable bonds is 11. The van der Waals surface area contributed by atoms with Crippen LogP contribution < -0.4 is 16.6 Å². The number of carbonyl (C=O) groups is 2. The maximum Gasteiger partial charge on any atom is 0.269 e. The lowest BCUT2D eigenvalue weighted by molar-refractivity contribution is -0.384. The van der Waals surface area contributed by atoms with Crippen molar-refractivity contribution in [1.82, 2.24) is 9.55 Å². The predicted molar refractivity (Wildman–Crippen MR) is 126 cm³/mol. The lowest BCUT2D eigenvalue weighted by Gasteiger charge is -2.13. The fourth-order valence-corrected chi connectivity index (χ4v) is 4.02. The second-order valence-electron chi connectivity index (χ2n) is 7.29. The highest BCUT2D eigenvalue weighted by molar-refractivity contribution is 7.99. The zero-order valence-electron chi connectivity index (χ0n) is 17.7. The number of thioether (sulfide) groups is 1. The Labute approximate surface area is 193 Å². The summed E-state index contributed by atoms with van der Waals surface area (Å²) >= 11 is 1.14. The number of hydrogen-bond acceptors (Lipinski definition) is 7. The summed E-state index contributed by atoms with van der Waals surface area (Å²) in [7, 11) is 0. The van der Waals surface area contributed by atoms with E-state index in [2.05, 4.69) is 10.3 Å². The molecule has 0 bridgehead atoms. The first-order chi connectivity index (χ1) is 15.8. The van der Waals surface area contributed by atoms with Crippen LogP contribution in [0, 0.1) is 10.1 Å². The number of nitrogens with one attached hydrogen (secondary N) is 1. The van der Waals surface area contributed by atoms with Crippen LogP contribution in [0.3, 0.4) is 0 Å². The third kappa shape index (κ3) is 6.62. The van der Waals surface area contributed by atoms with Gasteiger partial charge in [-0.25, -0.2) is 4.98 Å². The SMILES string of the molecule is NC(=O)CCCCCn1c(SCC(=O)Nc2ccc([N+](=O)[O-])cc2)nc2ccccc2c1=O. The predicted octanol–water partition coefficient (Wildman–Crippen LogP) is 3.08. The van der Waals surface area contributed by atoms with Gasteiger partial charge < -0.3 is 11.1 Å². The maximum absolute atomic E-state index is 13.0. The standard InChI is InChI=1S/C22H23N5O5S/c23-19(28)8-2-1-5-13-26-21(30)17-6-3-4-7-18(17)25-22(26)33-14-20(29)24-15-9-11-16(12-10-15)27(31)32/h3-4,6-7,9-12H,1-2,5,8,13-14H2,(H2,23,28)(H,24,29). The molecule has 1 aromatic heterocycles. The highest BCUT2D eigenvalue weighted by Gasteiger charge is 2.14. The van der Waals surface area contributed by atoms with Crippen LogP contribution >= 0.6 is 11.8 Å².